The number of hydrogen-bond donors (Lipinski definition) is 0. The van der Waals surface area contributed by atoms with Gasteiger partial charge in [0.15, 0.2) is 5.82 Å². The first-order valence-corrected chi connectivity index (χ1v) is 7.45. The average molecular weight is 316 g/mol. The van der Waals surface area contributed by atoms with Crippen LogP contribution in [0, 0.1) is 11.6 Å². The number of fused-ring (bicyclic) bond motifs is 1. The summed E-state index contributed by atoms with van der Waals surface area (Å²) in [4.78, 5) is 6.47. The molecule has 3 heterocycles. The minimum absolute atomic E-state index is 0.0432. The molecule has 23 heavy (non-hydrogen) atoms. The summed E-state index contributed by atoms with van der Waals surface area (Å²) in [5.74, 6) is -0.127. The van der Waals surface area contributed by atoms with Crippen molar-refractivity contribution >= 4 is 11.5 Å². The molecule has 1 fully saturated rings. The second-order valence-electron chi connectivity index (χ2n) is 5.63. The molecule has 0 saturated carbocycles. The first kappa shape index (κ1) is 14.0. The maximum Gasteiger partial charge on any atom is 0.221 e. The van der Waals surface area contributed by atoms with Crippen LogP contribution in [0.2, 0.25) is 0 Å². The van der Waals surface area contributed by atoms with Crippen LogP contribution in [0.3, 0.4) is 0 Å². The van der Waals surface area contributed by atoms with Crippen LogP contribution in [0.4, 0.5) is 14.6 Å². The Hall–Kier alpha value is -2.64. The highest BCUT2D eigenvalue weighted by molar-refractivity contribution is 5.63. The zero-order valence-electron chi connectivity index (χ0n) is 12.2. The van der Waals surface area contributed by atoms with E-state index in [9.17, 15) is 8.78 Å². The highest BCUT2D eigenvalue weighted by Gasteiger charge is 2.29. The number of benzene rings is 1. The molecular formula is C15H14F2N6. The van der Waals surface area contributed by atoms with E-state index in [0.29, 0.717) is 23.4 Å². The summed E-state index contributed by atoms with van der Waals surface area (Å²) >= 11 is 0. The van der Waals surface area contributed by atoms with Crippen LogP contribution in [0.15, 0.2) is 30.6 Å². The Kier molecular flexibility index (Phi) is 3.36. The number of hydrogen-bond acceptors (Lipinski definition) is 5. The Morgan fingerprint density at radius 2 is 2.17 bits per heavy atom. The Bertz CT molecular complexity index is 849. The van der Waals surface area contributed by atoms with Gasteiger partial charge in [0, 0.05) is 18.8 Å². The van der Waals surface area contributed by atoms with Crippen molar-refractivity contribution in [1.82, 2.24) is 25.0 Å². The highest BCUT2D eigenvalue weighted by Crippen LogP contribution is 2.28. The van der Waals surface area contributed by atoms with Gasteiger partial charge in [0.2, 0.25) is 5.65 Å². The number of tetrazole rings is 1. The first-order valence-electron chi connectivity index (χ1n) is 7.45. The van der Waals surface area contributed by atoms with Gasteiger partial charge in [-0.15, -0.1) is 5.10 Å². The molecule has 1 atom stereocenters. The molecule has 8 heteroatoms. The lowest BCUT2D eigenvalue weighted by Crippen LogP contribution is -2.32. The molecule has 4 rings (SSSR count). The molecule has 0 amide bonds. The number of anilines is 1. The maximum atomic E-state index is 13.9. The molecule has 0 unspecified atom stereocenters. The van der Waals surface area contributed by atoms with Crippen molar-refractivity contribution < 1.29 is 8.78 Å². The molecule has 0 aliphatic carbocycles. The fourth-order valence-electron chi connectivity index (χ4n) is 3.15. The lowest BCUT2D eigenvalue weighted by Gasteiger charge is -2.25. The van der Waals surface area contributed by atoms with Gasteiger partial charge >= 0.3 is 0 Å². The predicted molar refractivity (Wildman–Crippen MR) is 79.0 cm³/mol. The zero-order valence-corrected chi connectivity index (χ0v) is 12.2. The van der Waals surface area contributed by atoms with Crippen LogP contribution in [0.25, 0.3) is 5.65 Å². The minimum Gasteiger partial charge on any atom is -0.350 e. The fourth-order valence-corrected chi connectivity index (χ4v) is 3.15. The van der Waals surface area contributed by atoms with E-state index in [2.05, 4.69) is 25.4 Å². The number of halogens is 2. The molecule has 2 aromatic heterocycles. The van der Waals surface area contributed by atoms with E-state index in [-0.39, 0.29) is 11.9 Å². The van der Waals surface area contributed by atoms with E-state index < -0.39 is 5.82 Å². The van der Waals surface area contributed by atoms with Gasteiger partial charge in [-0.05, 0) is 53.5 Å². The molecule has 1 aliphatic rings. The van der Waals surface area contributed by atoms with Crippen molar-refractivity contribution in [2.24, 2.45) is 0 Å². The predicted octanol–water partition coefficient (Wildman–Crippen LogP) is 2.01. The third kappa shape index (κ3) is 2.49. The normalized spacial score (nSPS) is 18.0. The summed E-state index contributed by atoms with van der Waals surface area (Å²) in [5, 5.41) is 11.5. The standard InChI is InChI=1S/C15H14F2N6/c16-11-3-4-13(17)10(8-11)9-12-2-1-6-22(12)14-15-19-20-21-23(15)7-5-18-14/h3-5,7-8,12H,1-2,6,9H2/t12-/m1/s1. The van der Waals surface area contributed by atoms with E-state index in [0.717, 1.165) is 25.5 Å². The van der Waals surface area contributed by atoms with E-state index in [1.807, 2.05) is 0 Å². The van der Waals surface area contributed by atoms with Crippen LogP contribution in [-0.4, -0.2) is 37.6 Å². The monoisotopic (exact) mass is 316 g/mol. The van der Waals surface area contributed by atoms with Gasteiger partial charge in [-0.1, -0.05) is 0 Å². The summed E-state index contributed by atoms with van der Waals surface area (Å²) < 4.78 is 28.9. The third-order valence-electron chi connectivity index (χ3n) is 4.21. The second-order valence-corrected chi connectivity index (χ2v) is 5.63. The molecular weight excluding hydrogens is 302 g/mol. The van der Waals surface area contributed by atoms with Crippen molar-refractivity contribution in [2.45, 2.75) is 25.3 Å². The largest absolute Gasteiger partial charge is 0.350 e. The lowest BCUT2D eigenvalue weighted by atomic mass is 10.0. The van der Waals surface area contributed by atoms with Gasteiger partial charge in [0.1, 0.15) is 11.6 Å². The van der Waals surface area contributed by atoms with Gasteiger partial charge in [-0.2, -0.15) is 4.52 Å². The fraction of sp³-hybridized carbons (Fsp3) is 0.333. The smallest absolute Gasteiger partial charge is 0.221 e. The molecule has 1 saturated heterocycles. The summed E-state index contributed by atoms with van der Waals surface area (Å²) in [7, 11) is 0. The molecule has 1 aromatic carbocycles. The second kappa shape index (κ2) is 5.53. The van der Waals surface area contributed by atoms with Crippen molar-refractivity contribution in [2.75, 3.05) is 11.4 Å². The maximum absolute atomic E-state index is 13.9. The summed E-state index contributed by atoms with van der Waals surface area (Å²) in [6.07, 6.45) is 5.59. The third-order valence-corrected chi connectivity index (χ3v) is 4.21. The number of nitrogens with zero attached hydrogens (tertiary/aromatic N) is 6. The lowest BCUT2D eigenvalue weighted by molar-refractivity contribution is 0.565. The molecule has 1 aliphatic heterocycles. The Morgan fingerprint density at radius 3 is 3.09 bits per heavy atom. The van der Waals surface area contributed by atoms with Crippen LogP contribution < -0.4 is 4.90 Å². The molecule has 3 aromatic rings. The zero-order chi connectivity index (χ0) is 15.8. The quantitative estimate of drug-likeness (QED) is 0.740. The number of aromatic nitrogens is 5. The van der Waals surface area contributed by atoms with E-state index in [1.54, 1.807) is 16.9 Å². The molecule has 0 spiro atoms. The van der Waals surface area contributed by atoms with Crippen LogP contribution >= 0.6 is 0 Å². The Labute approximate surface area is 130 Å². The Morgan fingerprint density at radius 1 is 1.26 bits per heavy atom. The van der Waals surface area contributed by atoms with E-state index >= 15 is 0 Å². The van der Waals surface area contributed by atoms with Crippen molar-refractivity contribution in [1.29, 1.82) is 0 Å². The summed E-state index contributed by atoms with van der Waals surface area (Å²) in [6.45, 7) is 0.793. The minimum atomic E-state index is -0.423. The van der Waals surface area contributed by atoms with Crippen LogP contribution in [0.1, 0.15) is 18.4 Å². The molecule has 6 nitrogen and oxygen atoms in total. The van der Waals surface area contributed by atoms with E-state index in [4.69, 9.17) is 0 Å². The summed E-state index contributed by atoms with van der Waals surface area (Å²) in [5.41, 5.74) is 0.951. The molecule has 0 radical (unpaired) electrons. The Balaban J connectivity index is 1.67. The van der Waals surface area contributed by atoms with Gasteiger partial charge < -0.3 is 4.90 Å². The first-order chi connectivity index (χ1) is 11.2. The van der Waals surface area contributed by atoms with Gasteiger partial charge in [0.25, 0.3) is 0 Å². The average Bonchev–Trinajstić information content (AvgIpc) is 3.19. The van der Waals surface area contributed by atoms with Crippen LogP contribution in [-0.2, 0) is 6.42 Å². The summed E-state index contributed by atoms with van der Waals surface area (Å²) in [6, 6.07) is 3.61. The van der Waals surface area contributed by atoms with Crippen molar-refractivity contribution in [3.05, 3.63) is 47.8 Å². The molecule has 0 N–H and O–H groups in total. The molecule has 0 bridgehead atoms. The SMILES string of the molecule is Fc1ccc(F)c(C[C@H]2CCCN2c2nccn3nnnc23)c1. The van der Waals surface area contributed by atoms with Crippen LogP contribution in [0.5, 0.6) is 0 Å². The van der Waals surface area contributed by atoms with Gasteiger partial charge in [-0.25, -0.2) is 13.8 Å². The van der Waals surface area contributed by atoms with Crippen molar-refractivity contribution in [3.8, 4) is 0 Å². The van der Waals surface area contributed by atoms with Gasteiger partial charge in [0.05, 0.1) is 6.20 Å². The molecule has 118 valence electrons. The number of rotatable bonds is 3. The highest BCUT2D eigenvalue weighted by atomic mass is 19.1. The van der Waals surface area contributed by atoms with Gasteiger partial charge in [-0.3, -0.25) is 0 Å². The van der Waals surface area contributed by atoms with E-state index in [1.165, 1.54) is 12.1 Å². The topological polar surface area (TPSA) is 59.2 Å². The van der Waals surface area contributed by atoms with Crippen molar-refractivity contribution in [3.63, 3.8) is 0 Å².